The molecule has 0 aliphatic heterocycles. The zero-order valence-electron chi connectivity index (χ0n) is 13.0. The molecular formula is C18H20O4. The first-order valence-corrected chi connectivity index (χ1v) is 7.06. The summed E-state index contributed by atoms with van der Waals surface area (Å²) in [6.45, 7) is 2.18. The molecule has 2 rings (SSSR count). The van der Waals surface area contributed by atoms with Crippen LogP contribution in [0.5, 0.6) is 11.5 Å². The van der Waals surface area contributed by atoms with Gasteiger partial charge in [-0.3, -0.25) is 4.79 Å². The predicted octanol–water partition coefficient (Wildman–Crippen LogP) is 3.34. The van der Waals surface area contributed by atoms with Crippen LogP contribution in [0.15, 0.2) is 48.5 Å². The standard InChI is InChI=1S/C18H20O4/c1-13-7-6-8-14(11-13)22-12-16(18(19)21-3)15-9-4-5-10-17(15)20-2/h4-11,16H,12H2,1-3H3. The van der Waals surface area contributed by atoms with Gasteiger partial charge in [0.1, 0.15) is 24.0 Å². The van der Waals surface area contributed by atoms with E-state index in [9.17, 15) is 4.79 Å². The van der Waals surface area contributed by atoms with Gasteiger partial charge in [0.25, 0.3) is 0 Å². The zero-order valence-corrected chi connectivity index (χ0v) is 13.0. The maximum atomic E-state index is 12.1. The molecule has 1 unspecified atom stereocenters. The molecule has 116 valence electrons. The first-order chi connectivity index (χ1) is 10.7. The maximum absolute atomic E-state index is 12.1. The molecule has 0 spiro atoms. The summed E-state index contributed by atoms with van der Waals surface area (Å²) in [5.74, 6) is 0.480. The van der Waals surface area contributed by atoms with Crippen LogP contribution >= 0.6 is 0 Å². The lowest BCUT2D eigenvalue weighted by Gasteiger charge is -2.18. The Morgan fingerprint density at radius 2 is 1.86 bits per heavy atom. The molecule has 0 aliphatic carbocycles. The summed E-state index contributed by atoms with van der Waals surface area (Å²) in [7, 11) is 2.95. The summed E-state index contributed by atoms with van der Waals surface area (Å²) in [5.41, 5.74) is 1.86. The van der Waals surface area contributed by atoms with Crippen molar-refractivity contribution in [3.63, 3.8) is 0 Å². The molecule has 2 aromatic carbocycles. The maximum Gasteiger partial charge on any atom is 0.316 e. The number of methoxy groups -OCH3 is 2. The molecular weight excluding hydrogens is 280 g/mol. The van der Waals surface area contributed by atoms with Gasteiger partial charge >= 0.3 is 5.97 Å². The van der Waals surface area contributed by atoms with Gasteiger partial charge in [-0.15, -0.1) is 0 Å². The zero-order chi connectivity index (χ0) is 15.9. The van der Waals surface area contributed by atoms with Crippen molar-refractivity contribution in [2.24, 2.45) is 0 Å². The number of ether oxygens (including phenoxy) is 3. The second-order valence-electron chi connectivity index (χ2n) is 4.95. The molecule has 0 N–H and O–H groups in total. The lowest BCUT2D eigenvalue weighted by molar-refractivity contribution is -0.143. The predicted molar refractivity (Wildman–Crippen MR) is 84.4 cm³/mol. The largest absolute Gasteiger partial charge is 0.496 e. The minimum Gasteiger partial charge on any atom is -0.496 e. The fourth-order valence-electron chi connectivity index (χ4n) is 2.27. The van der Waals surface area contributed by atoms with Crippen molar-refractivity contribution in [2.45, 2.75) is 12.8 Å². The SMILES string of the molecule is COC(=O)C(COc1cccc(C)c1)c1ccccc1OC. The fraction of sp³-hybridized carbons (Fsp3) is 0.278. The van der Waals surface area contributed by atoms with E-state index in [4.69, 9.17) is 14.2 Å². The quantitative estimate of drug-likeness (QED) is 0.768. The van der Waals surface area contributed by atoms with Gasteiger partial charge in [-0.25, -0.2) is 0 Å². The Balaban J connectivity index is 2.21. The van der Waals surface area contributed by atoms with Gasteiger partial charge in [0.15, 0.2) is 0 Å². The molecule has 4 nitrogen and oxygen atoms in total. The molecule has 22 heavy (non-hydrogen) atoms. The lowest BCUT2D eigenvalue weighted by atomic mass is 9.99. The Morgan fingerprint density at radius 1 is 1.09 bits per heavy atom. The van der Waals surface area contributed by atoms with E-state index in [1.54, 1.807) is 7.11 Å². The number of carbonyl (C=O) groups is 1. The minimum absolute atomic E-state index is 0.191. The fourth-order valence-corrected chi connectivity index (χ4v) is 2.27. The van der Waals surface area contributed by atoms with Crippen LogP contribution in [0.2, 0.25) is 0 Å². The Kier molecular flexibility index (Phi) is 5.42. The minimum atomic E-state index is -0.540. The Labute approximate surface area is 130 Å². The molecule has 0 fully saturated rings. The van der Waals surface area contributed by atoms with Crippen molar-refractivity contribution < 1.29 is 19.0 Å². The van der Waals surface area contributed by atoms with E-state index in [0.29, 0.717) is 5.75 Å². The summed E-state index contributed by atoms with van der Waals surface area (Å²) in [6, 6.07) is 15.1. The highest BCUT2D eigenvalue weighted by Crippen LogP contribution is 2.28. The molecule has 0 radical (unpaired) electrons. The van der Waals surface area contributed by atoms with Crippen LogP contribution in [0, 0.1) is 6.92 Å². The third-order valence-electron chi connectivity index (χ3n) is 3.41. The highest BCUT2D eigenvalue weighted by atomic mass is 16.5. The molecule has 4 heteroatoms. The van der Waals surface area contributed by atoms with Crippen molar-refractivity contribution in [3.8, 4) is 11.5 Å². The van der Waals surface area contributed by atoms with Crippen molar-refractivity contribution in [2.75, 3.05) is 20.8 Å². The smallest absolute Gasteiger partial charge is 0.316 e. The van der Waals surface area contributed by atoms with E-state index in [2.05, 4.69) is 0 Å². The van der Waals surface area contributed by atoms with E-state index in [1.807, 2.05) is 55.5 Å². The molecule has 0 saturated carbocycles. The molecule has 0 saturated heterocycles. The van der Waals surface area contributed by atoms with Crippen molar-refractivity contribution in [1.82, 2.24) is 0 Å². The number of rotatable bonds is 6. The highest BCUT2D eigenvalue weighted by Gasteiger charge is 2.25. The first kappa shape index (κ1) is 15.9. The third kappa shape index (κ3) is 3.79. The lowest BCUT2D eigenvalue weighted by Crippen LogP contribution is -2.22. The molecule has 0 aliphatic rings. The summed E-state index contributed by atoms with van der Waals surface area (Å²) >= 11 is 0. The van der Waals surface area contributed by atoms with E-state index in [1.165, 1.54) is 7.11 Å². The van der Waals surface area contributed by atoms with Crippen LogP contribution in [0.1, 0.15) is 17.0 Å². The van der Waals surface area contributed by atoms with Crippen molar-refractivity contribution in [1.29, 1.82) is 0 Å². The number of hydrogen-bond donors (Lipinski definition) is 0. The summed E-state index contributed by atoms with van der Waals surface area (Å²) in [5, 5.41) is 0. The molecule has 0 bridgehead atoms. The summed E-state index contributed by atoms with van der Waals surface area (Å²) in [6.07, 6.45) is 0. The summed E-state index contributed by atoms with van der Waals surface area (Å²) in [4.78, 5) is 12.1. The highest BCUT2D eigenvalue weighted by molar-refractivity contribution is 5.79. The van der Waals surface area contributed by atoms with Gasteiger partial charge in [-0.05, 0) is 30.7 Å². The topological polar surface area (TPSA) is 44.8 Å². The Hall–Kier alpha value is -2.49. The number of carbonyl (C=O) groups excluding carboxylic acids is 1. The van der Waals surface area contributed by atoms with Crippen LogP contribution in [0.4, 0.5) is 0 Å². The second kappa shape index (κ2) is 7.50. The van der Waals surface area contributed by atoms with Crippen LogP contribution in [0.3, 0.4) is 0 Å². The van der Waals surface area contributed by atoms with E-state index < -0.39 is 5.92 Å². The number of esters is 1. The van der Waals surface area contributed by atoms with Gasteiger partial charge in [-0.1, -0.05) is 30.3 Å². The van der Waals surface area contributed by atoms with Crippen LogP contribution in [0.25, 0.3) is 0 Å². The summed E-state index contributed by atoms with van der Waals surface area (Å²) < 4.78 is 16.0. The van der Waals surface area contributed by atoms with Gasteiger partial charge in [0.05, 0.1) is 14.2 Å². The van der Waals surface area contributed by atoms with E-state index in [-0.39, 0.29) is 12.6 Å². The second-order valence-corrected chi connectivity index (χ2v) is 4.95. The average Bonchev–Trinajstić information content (AvgIpc) is 2.55. The molecule has 1 atom stereocenters. The average molecular weight is 300 g/mol. The monoisotopic (exact) mass is 300 g/mol. The first-order valence-electron chi connectivity index (χ1n) is 7.06. The van der Waals surface area contributed by atoms with Gasteiger partial charge in [-0.2, -0.15) is 0 Å². The number of hydrogen-bond acceptors (Lipinski definition) is 4. The van der Waals surface area contributed by atoms with Gasteiger partial charge in [0, 0.05) is 5.56 Å². The van der Waals surface area contributed by atoms with Gasteiger partial charge in [0.2, 0.25) is 0 Å². The Morgan fingerprint density at radius 3 is 2.55 bits per heavy atom. The normalized spacial score (nSPS) is 11.6. The Bertz CT molecular complexity index is 636. The van der Waals surface area contributed by atoms with E-state index >= 15 is 0 Å². The van der Waals surface area contributed by atoms with Gasteiger partial charge < -0.3 is 14.2 Å². The number of para-hydroxylation sites is 1. The molecule has 0 aromatic heterocycles. The van der Waals surface area contributed by atoms with Crippen LogP contribution in [-0.2, 0) is 9.53 Å². The molecule has 0 heterocycles. The number of benzene rings is 2. The number of aryl methyl sites for hydroxylation is 1. The van der Waals surface area contributed by atoms with Crippen LogP contribution in [-0.4, -0.2) is 26.8 Å². The van der Waals surface area contributed by atoms with Crippen molar-refractivity contribution in [3.05, 3.63) is 59.7 Å². The van der Waals surface area contributed by atoms with E-state index in [0.717, 1.165) is 16.9 Å². The third-order valence-corrected chi connectivity index (χ3v) is 3.41. The van der Waals surface area contributed by atoms with Crippen molar-refractivity contribution >= 4 is 5.97 Å². The van der Waals surface area contributed by atoms with Crippen LogP contribution < -0.4 is 9.47 Å². The molecule has 0 amide bonds. The molecule has 2 aromatic rings.